The summed E-state index contributed by atoms with van der Waals surface area (Å²) in [6.07, 6.45) is 1.32. The second-order valence-electron chi connectivity index (χ2n) is 4.92. The molecule has 1 N–H and O–H groups in total. The molecule has 1 atom stereocenters. The molecule has 0 aromatic heterocycles. The Kier molecular flexibility index (Phi) is 4.65. The maximum Gasteiger partial charge on any atom is 0.258 e. The Morgan fingerprint density at radius 3 is 2.80 bits per heavy atom. The van der Waals surface area contributed by atoms with Crippen molar-refractivity contribution in [2.45, 2.75) is 25.8 Å². The quantitative estimate of drug-likeness (QED) is 0.877. The van der Waals surface area contributed by atoms with Crippen molar-refractivity contribution in [1.29, 1.82) is 0 Å². The van der Waals surface area contributed by atoms with Gasteiger partial charge in [0, 0.05) is 6.04 Å². The number of benzene rings is 1. The molecule has 1 saturated heterocycles. The molecule has 1 unspecified atom stereocenters. The predicted molar refractivity (Wildman–Crippen MR) is 76.5 cm³/mol. The summed E-state index contributed by atoms with van der Waals surface area (Å²) in [4.78, 5) is 11.8. The van der Waals surface area contributed by atoms with Gasteiger partial charge in [-0.2, -0.15) is 0 Å². The van der Waals surface area contributed by atoms with Crippen LogP contribution in [0.1, 0.15) is 18.9 Å². The maximum absolute atomic E-state index is 11.8. The molecule has 1 aromatic rings. The first-order valence-corrected chi connectivity index (χ1v) is 8.53. The third-order valence-electron chi connectivity index (χ3n) is 3.31. The van der Waals surface area contributed by atoms with Crippen molar-refractivity contribution in [3.05, 3.63) is 29.8 Å². The second-order valence-corrected chi connectivity index (χ2v) is 7.15. The fraction of sp³-hybridized carbons (Fsp3) is 0.500. The van der Waals surface area contributed by atoms with Crippen LogP contribution in [-0.2, 0) is 21.1 Å². The lowest BCUT2D eigenvalue weighted by atomic mass is 10.1. The molecule has 1 aliphatic heterocycles. The SMILES string of the molecule is CCc1ccccc1OCC(=O)NC1CCS(=O)(=O)C1. The number of nitrogens with one attached hydrogen (secondary N) is 1. The van der Waals surface area contributed by atoms with Gasteiger partial charge in [0.05, 0.1) is 11.5 Å². The van der Waals surface area contributed by atoms with Crippen molar-refractivity contribution >= 4 is 15.7 Å². The summed E-state index contributed by atoms with van der Waals surface area (Å²) in [6.45, 7) is 1.93. The average Bonchev–Trinajstić information content (AvgIpc) is 2.76. The van der Waals surface area contributed by atoms with E-state index in [9.17, 15) is 13.2 Å². The third-order valence-corrected chi connectivity index (χ3v) is 5.08. The van der Waals surface area contributed by atoms with E-state index in [-0.39, 0.29) is 30.1 Å². The fourth-order valence-electron chi connectivity index (χ4n) is 2.26. The Balaban J connectivity index is 1.84. The van der Waals surface area contributed by atoms with E-state index in [1.165, 1.54) is 0 Å². The van der Waals surface area contributed by atoms with Gasteiger partial charge in [0.2, 0.25) is 0 Å². The van der Waals surface area contributed by atoms with E-state index in [1.807, 2.05) is 31.2 Å². The zero-order valence-corrected chi connectivity index (χ0v) is 12.3. The molecule has 2 rings (SSSR count). The van der Waals surface area contributed by atoms with Crippen LogP contribution in [0.5, 0.6) is 5.75 Å². The number of amides is 1. The molecule has 1 aliphatic rings. The van der Waals surface area contributed by atoms with Crippen LogP contribution in [0.25, 0.3) is 0 Å². The zero-order chi connectivity index (χ0) is 14.6. The van der Waals surface area contributed by atoms with Crippen LogP contribution < -0.4 is 10.1 Å². The van der Waals surface area contributed by atoms with Crippen LogP contribution in [0.3, 0.4) is 0 Å². The lowest BCUT2D eigenvalue weighted by molar-refractivity contribution is -0.123. The predicted octanol–water partition coefficient (Wildman–Crippen LogP) is 0.931. The van der Waals surface area contributed by atoms with Gasteiger partial charge in [-0.25, -0.2) is 8.42 Å². The highest BCUT2D eigenvalue weighted by molar-refractivity contribution is 7.91. The van der Waals surface area contributed by atoms with E-state index in [2.05, 4.69) is 5.32 Å². The average molecular weight is 297 g/mol. The maximum atomic E-state index is 11.8. The highest BCUT2D eigenvalue weighted by Gasteiger charge is 2.28. The smallest absolute Gasteiger partial charge is 0.258 e. The minimum Gasteiger partial charge on any atom is -0.483 e. The third kappa shape index (κ3) is 3.96. The van der Waals surface area contributed by atoms with Crippen molar-refractivity contribution < 1.29 is 17.9 Å². The summed E-state index contributed by atoms with van der Waals surface area (Å²) in [7, 11) is -2.97. The zero-order valence-electron chi connectivity index (χ0n) is 11.5. The molecular formula is C14H19NO4S. The molecule has 0 radical (unpaired) electrons. The van der Waals surface area contributed by atoms with E-state index in [1.54, 1.807) is 0 Å². The minimum atomic E-state index is -2.97. The van der Waals surface area contributed by atoms with Gasteiger partial charge in [-0.15, -0.1) is 0 Å². The molecule has 0 aliphatic carbocycles. The Bertz CT molecular complexity index is 583. The van der Waals surface area contributed by atoms with Crippen molar-refractivity contribution in [3.63, 3.8) is 0 Å². The number of para-hydroxylation sites is 1. The van der Waals surface area contributed by atoms with Gasteiger partial charge in [0.1, 0.15) is 5.75 Å². The van der Waals surface area contributed by atoms with Crippen LogP contribution in [-0.4, -0.2) is 38.5 Å². The Labute approximate surface area is 119 Å². The monoisotopic (exact) mass is 297 g/mol. The van der Waals surface area contributed by atoms with E-state index < -0.39 is 9.84 Å². The van der Waals surface area contributed by atoms with E-state index in [0.717, 1.165) is 12.0 Å². The van der Waals surface area contributed by atoms with Crippen molar-refractivity contribution in [3.8, 4) is 5.75 Å². The molecule has 20 heavy (non-hydrogen) atoms. The molecule has 0 saturated carbocycles. The summed E-state index contributed by atoms with van der Waals surface area (Å²) >= 11 is 0. The van der Waals surface area contributed by atoms with Gasteiger partial charge in [-0.05, 0) is 24.5 Å². The number of ether oxygens (including phenoxy) is 1. The first kappa shape index (κ1) is 14.8. The molecule has 0 bridgehead atoms. The lowest BCUT2D eigenvalue weighted by Crippen LogP contribution is -2.38. The van der Waals surface area contributed by atoms with Crippen molar-refractivity contribution in [1.82, 2.24) is 5.32 Å². The molecule has 1 aromatic carbocycles. The van der Waals surface area contributed by atoms with Gasteiger partial charge in [0.25, 0.3) is 5.91 Å². The van der Waals surface area contributed by atoms with Crippen LogP contribution in [0.15, 0.2) is 24.3 Å². The Hall–Kier alpha value is -1.56. The first-order chi connectivity index (χ1) is 9.50. The van der Waals surface area contributed by atoms with E-state index in [0.29, 0.717) is 12.2 Å². The normalized spacial score (nSPS) is 20.6. The van der Waals surface area contributed by atoms with E-state index in [4.69, 9.17) is 4.74 Å². The largest absolute Gasteiger partial charge is 0.483 e. The summed E-state index contributed by atoms with van der Waals surface area (Å²) < 4.78 is 28.1. The number of sulfone groups is 1. The minimum absolute atomic E-state index is 0.0320. The van der Waals surface area contributed by atoms with Crippen molar-refractivity contribution in [2.75, 3.05) is 18.1 Å². The standard InChI is InChI=1S/C14H19NO4S/c1-2-11-5-3-4-6-13(11)19-9-14(16)15-12-7-8-20(17,18)10-12/h3-6,12H,2,7-10H2,1H3,(H,15,16). The van der Waals surface area contributed by atoms with E-state index >= 15 is 0 Å². The highest BCUT2D eigenvalue weighted by Crippen LogP contribution is 2.18. The summed E-state index contributed by atoms with van der Waals surface area (Å²) in [5.41, 5.74) is 1.05. The summed E-state index contributed by atoms with van der Waals surface area (Å²) in [5.74, 6) is 0.601. The van der Waals surface area contributed by atoms with Gasteiger partial charge in [-0.1, -0.05) is 25.1 Å². The first-order valence-electron chi connectivity index (χ1n) is 6.70. The molecule has 1 heterocycles. The van der Waals surface area contributed by atoms with Gasteiger partial charge >= 0.3 is 0 Å². The molecule has 6 heteroatoms. The molecule has 1 amide bonds. The number of rotatable bonds is 5. The van der Waals surface area contributed by atoms with Crippen LogP contribution in [0, 0.1) is 0 Å². The number of hydrogen-bond acceptors (Lipinski definition) is 4. The van der Waals surface area contributed by atoms with Crippen LogP contribution >= 0.6 is 0 Å². The van der Waals surface area contributed by atoms with Gasteiger partial charge in [0.15, 0.2) is 16.4 Å². The number of carbonyl (C=O) groups excluding carboxylic acids is 1. The number of hydrogen-bond donors (Lipinski definition) is 1. The Morgan fingerprint density at radius 2 is 2.15 bits per heavy atom. The molecule has 1 fully saturated rings. The van der Waals surface area contributed by atoms with Crippen molar-refractivity contribution in [2.24, 2.45) is 0 Å². The van der Waals surface area contributed by atoms with Crippen LogP contribution in [0.2, 0.25) is 0 Å². The molecule has 110 valence electrons. The second kappa shape index (κ2) is 6.26. The van der Waals surface area contributed by atoms with Gasteiger partial charge in [-0.3, -0.25) is 4.79 Å². The lowest BCUT2D eigenvalue weighted by Gasteiger charge is -2.13. The van der Waals surface area contributed by atoms with Gasteiger partial charge < -0.3 is 10.1 Å². The molecule has 5 nitrogen and oxygen atoms in total. The number of aryl methyl sites for hydroxylation is 1. The summed E-state index contributed by atoms with van der Waals surface area (Å²) in [5, 5.41) is 2.70. The molecular weight excluding hydrogens is 278 g/mol. The topological polar surface area (TPSA) is 72.5 Å². The number of carbonyl (C=O) groups is 1. The summed E-state index contributed by atoms with van der Waals surface area (Å²) in [6, 6.07) is 7.28. The molecule has 0 spiro atoms. The fourth-order valence-corrected chi connectivity index (χ4v) is 3.93. The Morgan fingerprint density at radius 1 is 1.40 bits per heavy atom. The highest BCUT2D eigenvalue weighted by atomic mass is 32.2. The van der Waals surface area contributed by atoms with Crippen LogP contribution in [0.4, 0.5) is 0 Å².